The van der Waals surface area contributed by atoms with Gasteiger partial charge in [-0.05, 0) is 38.1 Å². The fraction of sp³-hybridized carbons (Fsp3) is 0.500. The lowest BCUT2D eigenvalue weighted by Gasteiger charge is -2.36. The Morgan fingerprint density at radius 2 is 1.96 bits per heavy atom. The van der Waals surface area contributed by atoms with Gasteiger partial charge < -0.3 is 19.1 Å². The van der Waals surface area contributed by atoms with Crippen molar-refractivity contribution in [1.82, 2.24) is 14.5 Å². The third-order valence-electron chi connectivity index (χ3n) is 4.05. The first-order chi connectivity index (χ1) is 11.6. The zero-order valence-electron chi connectivity index (χ0n) is 14.2. The van der Waals surface area contributed by atoms with Gasteiger partial charge in [0, 0.05) is 37.7 Å². The summed E-state index contributed by atoms with van der Waals surface area (Å²) in [6, 6.07) is 7.74. The maximum absolute atomic E-state index is 10.2. The second kappa shape index (κ2) is 7.79. The van der Waals surface area contributed by atoms with Gasteiger partial charge in [-0.1, -0.05) is 0 Å². The number of nitrogens with zero attached hydrogens (tertiary/aromatic N) is 3. The molecule has 6 nitrogen and oxygen atoms in total. The van der Waals surface area contributed by atoms with Crippen molar-refractivity contribution in [2.75, 3.05) is 26.2 Å². The van der Waals surface area contributed by atoms with E-state index in [-0.39, 0.29) is 18.8 Å². The second-order valence-electron chi connectivity index (χ2n) is 6.40. The molecule has 0 spiro atoms. The highest BCUT2D eigenvalue weighted by Gasteiger charge is 2.23. The highest BCUT2D eigenvalue weighted by Crippen LogP contribution is 2.16. The van der Waals surface area contributed by atoms with Gasteiger partial charge in [0.1, 0.15) is 18.5 Å². The minimum atomic E-state index is -0.518. The number of rotatable bonds is 6. The standard InChI is InChI=1S/C18H25N3O3/c1-14-9-20(10-15(2)24-14)11-17(22)12-23-18-5-3-16(4-6-18)21-8-7-19-13-21/h3-8,13-15,17,22H,9-12H2,1-2H3. The molecule has 1 saturated heterocycles. The summed E-state index contributed by atoms with van der Waals surface area (Å²) in [4.78, 5) is 6.26. The predicted molar refractivity (Wildman–Crippen MR) is 91.5 cm³/mol. The van der Waals surface area contributed by atoms with E-state index in [2.05, 4.69) is 23.7 Å². The first kappa shape index (κ1) is 17.0. The van der Waals surface area contributed by atoms with E-state index in [0.29, 0.717) is 6.54 Å². The molecule has 1 aliphatic heterocycles. The number of β-amino-alcohol motifs (C(OH)–C–C–N with tert-alkyl or cyclic N) is 1. The number of ether oxygens (including phenoxy) is 2. The first-order valence-electron chi connectivity index (χ1n) is 8.37. The summed E-state index contributed by atoms with van der Waals surface area (Å²) >= 11 is 0. The number of benzene rings is 1. The van der Waals surface area contributed by atoms with Crippen LogP contribution in [0.3, 0.4) is 0 Å². The topological polar surface area (TPSA) is 59.8 Å². The van der Waals surface area contributed by atoms with Crippen LogP contribution in [-0.2, 0) is 4.74 Å². The zero-order valence-corrected chi connectivity index (χ0v) is 14.2. The predicted octanol–water partition coefficient (Wildman–Crippen LogP) is 1.72. The number of aliphatic hydroxyl groups excluding tert-OH is 1. The first-order valence-corrected chi connectivity index (χ1v) is 8.37. The van der Waals surface area contributed by atoms with Crippen molar-refractivity contribution in [2.24, 2.45) is 0 Å². The summed E-state index contributed by atoms with van der Waals surface area (Å²) in [5, 5.41) is 10.2. The normalized spacial score (nSPS) is 23.1. The molecule has 1 aromatic heterocycles. The number of hydrogen-bond acceptors (Lipinski definition) is 5. The quantitative estimate of drug-likeness (QED) is 0.873. The van der Waals surface area contributed by atoms with Crippen LogP contribution in [0.4, 0.5) is 0 Å². The SMILES string of the molecule is CC1CN(CC(O)COc2ccc(-n3ccnc3)cc2)CC(C)O1. The van der Waals surface area contributed by atoms with Gasteiger partial charge in [-0.15, -0.1) is 0 Å². The molecule has 3 atom stereocenters. The van der Waals surface area contributed by atoms with E-state index in [1.54, 1.807) is 12.5 Å². The van der Waals surface area contributed by atoms with Gasteiger partial charge >= 0.3 is 0 Å². The van der Waals surface area contributed by atoms with Crippen LogP contribution in [0.25, 0.3) is 5.69 Å². The summed E-state index contributed by atoms with van der Waals surface area (Å²) < 4.78 is 13.3. The van der Waals surface area contributed by atoms with Crippen LogP contribution in [0, 0.1) is 0 Å². The fourth-order valence-electron chi connectivity index (χ4n) is 3.10. The summed E-state index contributed by atoms with van der Waals surface area (Å²) in [6.45, 7) is 6.71. The summed E-state index contributed by atoms with van der Waals surface area (Å²) in [7, 11) is 0. The lowest BCUT2D eigenvalue weighted by Crippen LogP contribution is -2.48. The van der Waals surface area contributed by atoms with E-state index >= 15 is 0 Å². The third kappa shape index (κ3) is 4.56. The molecular weight excluding hydrogens is 306 g/mol. The Morgan fingerprint density at radius 1 is 1.25 bits per heavy atom. The van der Waals surface area contributed by atoms with Crippen molar-refractivity contribution in [3.8, 4) is 11.4 Å². The maximum atomic E-state index is 10.2. The molecule has 0 amide bonds. The lowest BCUT2D eigenvalue weighted by atomic mass is 10.2. The number of aliphatic hydroxyl groups is 1. The van der Waals surface area contributed by atoms with E-state index in [4.69, 9.17) is 9.47 Å². The molecule has 2 aromatic rings. The van der Waals surface area contributed by atoms with Gasteiger partial charge in [-0.3, -0.25) is 4.90 Å². The van der Waals surface area contributed by atoms with E-state index in [1.165, 1.54) is 0 Å². The molecule has 0 bridgehead atoms. The van der Waals surface area contributed by atoms with Crippen molar-refractivity contribution in [3.63, 3.8) is 0 Å². The average molecular weight is 331 g/mol. The van der Waals surface area contributed by atoms with Crippen LogP contribution >= 0.6 is 0 Å². The van der Waals surface area contributed by atoms with Crippen LogP contribution in [-0.4, -0.2) is 64.1 Å². The van der Waals surface area contributed by atoms with Crippen molar-refractivity contribution in [3.05, 3.63) is 43.0 Å². The Labute approximate surface area is 142 Å². The van der Waals surface area contributed by atoms with Crippen molar-refractivity contribution in [1.29, 1.82) is 0 Å². The smallest absolute Gasteiger partial charge is 0.119 e. The van der Waals surface area contributed by atoms with Crippen molar-refractivity contribution in [2.45, 2.75) is 32.2 Å². The second-order valence-corrected chi connectivity index (χ2v) is 6.40. The Morgan fingerprint density at radius 3 is 2.58 bits per heavy atom. The molecule has 24 heavy (non-hydrogen) atoms. The van der Waals surface area contributed by atoms with Gasteiger partial charge in [0.2, 0.25) is 0 Å². The highest BCUT2D eigenvalue weighted by molar-refractivity contribution is 5.37. The van der Waals surface area contributed by atoms with Crippen LogP contribution < -0.4 is 4.74 Å². The number of imidazole rings is 1. The molecule has 0 radical (unpaired) electrons. The van der Waals surface area contributed by atoms with Crippen LogP contribution in [0.5, 0.6) is 5.75 Å². The molecule has 2 heterocycles. The Bertz CT molecular complexity index is 605. The maximum Gasteiger partial charge on any atom is 0.119 e. The summed E-state index contributed by atoms with van der Waals surface area (Å²) in [5.74, 6) is 0.752. The van der Waals surface area contributed by atoms with Gasteiger partial charge in [0.15, 0.2) is 0 Å². The Balaban J connectivity index is 1.46. The minimum Gasteiger partial charge on any atom is -0.491 e. The molecule has 0 saturated carbocycles. The molecule has 3 unspecified atom stereocenters. The molecule has 1 N–H and O–H groups in total. The molecule has 130 valence electrons. The molecule has 1 aromatic carbocycles. The summed E-state index contributed by atoms with van der Waals surface area (Å²) in [6.07, 6.45) is 5.29. The van der Waals surface area contributed by atoms with E-state index in [0.717, 1.165) is 24.5 Å². The fourth-order valence-corrected chi connectivity index (χ4v) is 3.10. The van der Waals surface area contributed by atoms with Crippen LogP contribution in [0.2, 0.25) is 0 Å². The van der Waals surface area contributed by atoms with Crippen molar-refractivity contribution >= 4 is 0 Å². The lowest BCUT2D eigenvalue weighted by molar-refractivity contribution is -0.0786. The van der Waals surface area contributed by atoms with Gasteiger partial charge in [0.05, 0.1) is 18.5 Å². The number of aromatic nitrogens is 2. The molecular formula is C18H25N3O3. The van der Waals surface area contributed by atoms with E-state index in [9.17, 15) is 5.11 Å². The Hall–Kier alpha value is -1.89. The molecule has 1 aliphatic rings. The van der Waals surface area contributed by atoms with E-state index < -0.39 is 6.10 Å². The highest BCUT2D eigenvalue weighted by atomic mass is 16.5. The molecule has 1 fully saturated rings. The summed E-state index contributed by atoms with van der Waals surface area (Å²) in [5.41, 5.74) is 1.02. The van der Waals surface area contributed by atoms with Gasteiger partial charge in [-0.25, -0.2) is 4.98 Å². The van der Waals surface area contributed by atoms with Crippen LogP contribution in [0.1, 0.15) is 13.8 Å². The number of morpholine rings is 1. The zero-order chi connectivity index (χ0) is 16.9. The largest absolute Gasteiger partial charge is 0.491 e. The molecule has 0 aliphatic carbocycles. The average Bonchev–Trinajstić information content (AvgIpc) is 3.07. The van der Waals surface area contributed by atoms with E-state index in [1.807, 2.05) is 35.0 Å². The third-order valence-corrected chi connectivity index (χ3v) is 4.05. The minimum absolute atomic E-state index is 0.206. The van der Waals surface area contributed by atoms with Gasteiger partial charge in [-0.2, -0.15) is 0 Å². The Kier molecular flexibility index (Phi) is 5.50. The monoisotopic (exact) mass is 331 g/mol. The molecule has 6 heteroatoms. The van der Waals surface area contributed by atoms with Crippen LogP contribution in [0.15, 0.2) is 43.0 Å². The van der Waals surface area contributed by atoms with Gasteiger partial charge in [0.25, 0.3) is 0 Å². The number of hydrogen-bond donors (Lipinski definition) is 1. The molecule has 3 rings (SSSR count). The van der Waals surface area contributed by atoms with Crippen molar-refractivity contribution < 1.29 is 14.6 Å².